The number of nitrogens with two attached hydrogens (primary N) is 1. The maximum atomic E-state index is 12.4. The van der Waals surface area contributed by atoms with E-state index in [0.717, 1.165) is 21.3 Å². The molecule has 7 nitrogen and oxygen atoms in total. The van der Waals surface area contributed by atoms with Crippen LogP contribution >= 0.6 is 11.3 Å². The third-order valence-electron chi connectivity index (χ3n) is 4.75. The molecule has 0 bridgehead atoms. The predicted molar refractivity (Wildman–Crippen MR) is 128 cm³/mol. The number of rotatable bonds is 7. The molecule has 0 saturated carbocycles. The van der Waals surface area contributed by atoms with Crippen molar-refractivity contribution in [2.24, 2.45) is 5.10 Å². The number of ether oxygens (including phenoxy) is 2. The van der Waals surface area contributed by atoms with Crippen LogP contribution in [0.4, 0.5) is 5.13 Å². The summed E-state index contributed by atoms with van der Waals surface area (Å²) < 4.78 is 12.2. The van der Waals surface area contributed by atoms with E-state index in [0.29, 0.717) is 28.8 Å². The molecule has 0 fully saturated rings. The average Bonchev–Trinajstić information content (AvgIpc) is 3.18. The summed E-state index contributed by atoms with van der Waals surface area (Å²) in [5.41, 5.74) is 12.5. The SMILES string of the molecule is COc1ccc(/C=N\NC(=O)c2ccc3nc(N)sc3c2)cc1OCc1ccc(C)cc1. The van der Waals surface area contributed by atoms with E-state index in [-0.39, 0.29) is 5.91 Å². The molecule has 3 aromatic carbocycles. The monoisotopic (exact) mass is 446 g/mol. The number of amides is 1. The highest BCUT2D eigenvalue weighted by Gasteiger charge is 2.09. The smallest absolute Gasteiger partial charge is 0.271 e. The lowest BCUT2D eigenvalue weighted by atomic mass is 10.1. The fourth-order valence-corrected chi connectivity index (χ4v) is 3.82. The number of benzene rings is 3. The number of hydrazone groups is 1. The van der Waals surface area contributed by atoms with Crippen LogP contribution in [0.5, 0.6) is 11.5 Å². The fourth-order valence-electron chi connectivity index (χ4n) is 3.05. The third-order valence-corrected chi connectivity index (χ3v) is 5.60. The summed E-state index contributed by atoms with van der Waals surface area (Å²) in [6, 6.07) is 18.8. The van der Waals surface area contributed by atoms with Gasteiger partial charge in [-0.2, -0.15) is 5.10 Å². The number of fused-ring (bicyclic) bond motifs is 1. The summed E-state index contributed by atoms with van der Waals surface area (Å²) in [6.07, 6.45) is 1.55. The highest BCUT2D eigenvalue weighted by molar-refractivity contribution is 7.22. The quantitative estimate of drug-likeness (QED) is 0.321. The number of carbonyl (C=O) groups excluding carboxylic acids is 1. The van der Waals surface area contributed by atoms with Crippen molar-refractivity contribution in [3.05, 3.63) is 82.9 Å². The number of methoxy groups -OCH3 is 1. The number of anilines is 1. The minimum atomic E-state index is -0.320. The zero-order chi connectivity index (χ0) is 22.5. The summed E-state index contributed by atoms with van der Waals surface area (Å²) >= 11 is 1.34. The van der Waals surface area contributed by atoms with Gasteiger partial charge < -0.3 is 15.2 Å². The number of hydrogen-bond donors (Lipinski definition) is 2. The first-order chi connectivity index (χ1) is 15.5. The molecule has 0 atom stereocenters. The van der Waals surface area contributed by atoms with Crippen molar-refractivity contribution in [2.75, 3.05) is 12.8 Å². The van der Waals surface area contributed by atoms with Crippen LogP contribution in [0.3, 0.4) is 0 Å². The van der Waals surface area contributed by atoms with Crippen LogP contribution in [0.1, 0.15) is 27.0 Å². The zero-order valence-corrected chi connectivity index (χ0v) is 18.5. The van der Waals surface area contributed by atoms with E-state index < -0.39 is 0 Å². The zero-order valence-electron chi connectivity index (χ0n) is 17.7. The van der Waals surface area contributed by atoms with Gasteiger partial charge in [0.2, 0.25) is 0 Å². The summed E-state index contributed by atoms with van der Waals surface area (Å²) in [5.74, 6) is 0.895. The van der Waals surface area contributed by atoms with Gasteiger partial charge in [0.1, 0.15) is 6.61 Å². The van der Waals surface area contributed by atoms with Gasteiger partial charge in [0.15, 0.2) is 16.6 Å². The second-order valence-corrected chi connectivity index (χ2v) is 8.18. The second-order valence-electron chi connectivity index (χ2n) is 7.12. The number of thiazole rings is 1. The number of aromatic nitrogens is 1. The first kappa shape index (κ1) is 21.3. The Balaban J connectivity index is 1.42. The van der Waals surface area contributed by atoms with E-state index in [9.17, 15) is 4.79 Å². The number of aryl methyl sites for hydroxylation is 1. The van der Waals surface area contributed by atoms with Crippen molar-refractivity contribution in [2.45, 2.75) is 13.5 Å². The summed E-state index contributed by atoms with van der Waals surface area (Å²) in [6.45, 7) is 2.46. The van der Waals surface area contributed by atoms with Crippen LogP contribution < -0.4 is 20.6 Å². The first-order valence-electron chi connectivity index (χ1n) is 9.87. The summed E-state index contributed by atoms with van der Waals surface area (Å²) in [4.78, 5) is 16.6. The highest BCUT2D eigenvalue weighted by atomic mass is 32.1. The molecule has 0 saturated heterocycles. The van der Waals surface area contributed by atoms with Crippen molar-refractivity contribution in [1.29, 1.82) is 0 Å². The Labute approximate surface area is 189 Å². The van der Waals surface area contributed by atoms with E-state index in [1.807, 2.05) is 43.3 Å². The molecular formula is C24H22N4O3S. The molecule has 0 aliphatic carbocycles. The lowest BCUT2D eigenvalue weighted by molar-refractivity contribution is 0.0955. The van der Waals surface area contributed by atoms with Gasteiger partial charge in [-0.3, -0.25) is 4.79 Å². The maximum absolute atomic E-state index is 12.4. The Bertz CT molecular complexity index is 1280. The largest absolute Gasteiger partial charge is 0.493 e. The van der Waals surface area contributed by atoms with E-state index in [2.05, 4.69) is 15.5 Å². The van der Waals surface area contributed by atoms with Gasteiger partial charge in [0.25, 0.3) is 5.91 Å². The van der Waals surface area contributed by atoms with Crippen LogP contribution in [0, 0.1) is 6.92 Å². The number of nitrogens with zero attached hydrogens (tertiary/aromatic N) is 2. The van der Waals surface area contributed by atoms with E-state index in [1.165, 1.54) is 16.9 Å². The molecule has 4 rings (SSSR count). The summed E-state index contributed by atoms with van der Waals surface area (Å²) in [7, 11) is 1.59. The second kappa shape index (κ2) is 9.49. The maximum Gasteiger partial charge on any atom is 0.271 e. The minimum absolute atomic E-state index is 0.320. The van der Waals surface area contributed by atoms with Gasteiger partial charge >= 0.3 is 0 Å². The van der Waals surface area contributed by atoms with Gasteiger partial charge in [-0.05, 0) is 54.4 Å². The Morgan fingerprint density at radius 3 is 2.72 bits per heavy atom. The van der Waals surface area contributed by atoms with Gasteiger partial charge in [0, 0.05) is 5.56 Å². The standard InChI is InChI=1S/C24H22N4O3S/c1-15-3-5-16(6-4-15)14-31-21-11-17(7-10-20(21)30-2)13-26-28-23(29)18-8-9-19-22(12-18)32-24(25)27-19/h3-13H,14H2,1-2H3,(H2,25,27)(H,28,29)/b26-13-. The number of nitrogens with one attached hydrogen (secondary N) is 1. The van der Waals surface area contributed by atoms with Gasteiger partial charge in [-0.25, -0.2) is 10.4 Å². The molecule has 1 amide bonds. The fraction of sp³-hybridized carbons (Fsp3) is 0.125. The molecule has 8 heteroatoms. The number of nitrogen functional groups attached to an aromatic ring is 1. The Morgan fingerprint density at radius 1 is 1.12 bits per heavy atom. The molecule has 1 heterocycles. The lowest BCUT2D eigenvalue weighted by Crippen LogP contribution is -2.17. The normalized spacial score (nSPS) is 11.1. The van der Waals surface area contributed by atoms with Crippen LogP contribution in [0.25, 0.3) is 10.2 Å². The molecular weight excluding hydrogens is 424 g/mol. The molecule has 162 valence electrons. The predicted octanol–water partition coefficient (Wildman–Crippen LogP) is 4.54. The van der Waals surface area contributed by atoms with Crippen molar-refractivity contribution in [3.63, 3.8) is 0 Å². The minimum Gasteiger partial charge on any atom is -0.493 e. The summed E-state index contributed by atoms with van der Waals surface area (Å²) in [5, 5.41) is 4.54. The van der Waals surface area contributed by atoms with Crippen LogP contribution in [0.15, 0.2) is 65.8 Å². The average molecular weight is 447 g/mol. The molecule has 0 aliphatic heterocycles. The van der Waals surface area contributed by atoms with Crippen LogP contribution in [-0.4, -0.2) is 24.2 Å². The van der Waals surface area contributed by atoms with Crippen molar-refractivity contribution in [1.82, 2.24) is 10.4 Å². The Hall–Kier alpha value is -3.91. The van der Waals surface area contributed by atoms with Crippen molar-refractivity contribution < 1.29 is 14.3 Å². The molecule has 3 N–H and O–H groups in total. The highest BCUT2D eigenvalue weighted by Crippen LogP contribution is 2.28. The molecule has 0 unspecified atom stereocenters. The van der Waals surface area contributed by atoms with Gasteiger partial charge in [-0.15, -0.1) is 0 Å². The molecule has 0 radical (unpaired) electrons. The Kier molecular flexibility index (Phi) is 6.32. The Morgan fingerprint density at radius 2 is 1.94 bits per heavy atom. The van der Waals surface area contributed by atoms with Gasteiger partial charge in [0.05, 0.1) is 23.5 Å². The molecule has 0 spiro atoms. The molecule has 1 aromatic heterocycles. The number of hydrogen-bond acceptors (Lipinski definition) is 7. The van der Waals surface area contributed by atoms with Crippen LogP contribution in [-0.2, 0) is 6.61 Å². The van der Waals surface area contributed by atoms with Gasteiger partial charge in [-0.1, -0.05) is 41.2 Å². The first-order valence-corrected chi connectivity index (χ1v) is 10.7. The van der Waals surface area contributed by atoms with E-state index in [4.69, 9.17) is 15.2 Å². The third kappa shape index (κ3) is 5.04. The molecule has 32 heavy (non-hydrogen) atoms. The van der Waals surface area contributed by atoms with Crippen molar-refractivity contribution in [3.8, 4) is 11.5 Å². The topological polar surface area (TPSA) is 98.8 Å². The lowest BCUT2D eigenvalue weighted by Gasteiger charge is -2.11. The molecule has 4 aromatic rings. The van der Waals surface area contributed by atoms with E-state index in [1.54, 1.807) is 37.6 Å². The number of carbonyl (C=O) groups is 1. The van der Waals surface area contributed by atoms with Crippen molar-refractivity contribution >= 4 is 38.8 Å². The molecule has 0 aliphatic rings. The van der Waals surface area contributed by atoms with E-state index >= 15 is 0 Å². The van der Waals surface area contributed by atoms with Crippen LogP contribution in [0.2, 0.25) is 0 Å².